The average Bonchev–Trinajstić information content (AvgIpc) is 3.72. The Bertz CT molecular complexity index is 2390. The van der Waals surface area contributed by atoms with E-state index < -0.39 is 22.7 Å². The van der Waals surface area contributed by atoms with E-state index in [9.17, 15) is 14.7 Å². The molecule has 1 aliphatic carbocycles. The highest BCUT2D eigenvalue weighted by atomic mass is 16.4. The van der Waals surface area contributed by atoms with Crippen molar-refractivity contribution in [1.29, 1.82) is 0 Å². The molecule has 0 saturated carbocycles. The number of carboxylic acids is 1. The Labute approximate surface area is 314 Å². The molecule has 7 rings (SSSR count). The fourth-order valence-corrected chi connectivity index (χ4v) is 8.59. The third-order valence-corrected chi connectivity index (χ3v) is 10.8. The van der Waals surface area contributed by atoms with Crippen molar-refractivity contribution in [2.45, 2.75) is 57.8 Å². The number of tetrazole rings is 1. The van der Waals surface area contributed by atoms with Gasteiger partial charge in [-0.3, -0.25) is 9.59 Å². The predicted octanol–water partition coefficient (Wildman–Crippen LogP) is 8.36. The molecule has 0 saturated heterocycles. The van der Waals surface area contributed by atoms with E-state index in [2.05, 4.69) is 37.8 Å². The number of carbonyl (C=O) groups is 1. The van der Waals surface area contributed by atoms with Gasteiger partial charge in [0, 0.05) is 23.0 Å². The van der Waals surface area contributed by atoms with Crippen LogP contribution in [0, 0.1) is 12.8 Å². The van der Waals surface area contributed by atoms with Crippen LogP contribution in [0.4, 0.5) is 5.69 Å². The minimum atomic E-state index is -1.37. The Kier molecular flexibility index (Phi) is 9.92. The van der Waals surface area contributed by atoms with Gasteiger partial charge in [0.15, 0.2) is 5.82 Å². The Morgan fingerprint density at radius 3 is 2.09 bits per heavy atom. The number of aryl methyl sites for hydroxylation is 1. The number of rotatable bonds is 12. The molecule has 0 spiro atoms. The summed E-state index contributed by atoms with van der Waals surface area (Å²) in [7, 11) is 0. The van der Waals surface area contributed by atoms with Crippen molar-refractivity contribution in [2.24, 2.45) is 5.92 Å². The molecule has 54 heavy (non-hydrogen) atoms. The van der Waals surface area contributed by atoms with Crippen molar-refractivity contribution < 1.29 is 9.90 Å². The average molecular weight is 718 g/mol. The van der Waals surface area contributed by atoms with Crippen molar-refractivity contribution >= 4 is 22.8 Å². The summed E-state index contributed by atoms with van der Waals surface area (Å²) in [4.78, 5) is 35.4. The van der Waals surface area contributed by atoms with E-state index in [1.807, 2.05) is 122 Å². The maximum atomic E-state index is 13.9. The predicted molar refractivity (Wildman–Crippen MR) is 211 cm³/mol. The molecule has 10 nitrogen and oxygen atoms in total. The smallest absolute Gasteiger partial charge is 0.307 e. The summed E-state index contributed by atoms with van der Waals surface area (Å²) in [5.41, 5.74) is 4.77. The number of hydrogen-bond donors (Lipinski definition) is 4. The summed E-state index contributed by atoms with van der Waals surface area (Å²) in [5, 5.41) is 31.1. The maximum Gasteiger partial charge on any atom is 0.307 e. The normalized spacial score (nSPS) is 19.1. The lowest BCUT2D eigenvalue weighted by Gasteiger charge is -2.53. The Morgan fingerprint density at radius 1 is 0.852 bits per heavy atom. The molecule has 0 aliphatic heterocycles. The highest BCUT2D eigenvalue weighted by Crippen LogP contribution is 2.64. The number of para-hydroxylation sites is 1. The molecule has 1 aliphatic rings. The van der Waals surface area contributed by atoms with Crippen LogP contribution < -0.4 is 10.9 Å². The van der Waals surface area contributed by atoms with Gasteiger partial charge in [0.1, 0.15) is 5.82 Å². The lowest BCUT2D eigenvalue weighted by Crippen LogP contribution is -2.51. The van der Waals surface area contributed by atoms with Crippen molar-refractivity contribution in [2.75, 3.05) is 5.32 Å². The van der Waals surface area contributed by atoms with Gasteiger partial charge in [-0.2, -0.15) is 0 Å². The molecule has 4 aromatic carbocycles. The zero-order chi connectivity index (χ0) is 37.9. The third-order valence-electron chi connectivity index (χ3n) is 10.8. The second-order valence-electron chi connectivity index (χ2n) is 13.9. The van der Waals surface area contributed by atoms with Gasteiger partial charge < -0.3 is 15.4 Å². The van der Waals surface area contributed by atoms with Crippen LogP contribution in [-0.4, -0.2) is 41.7 Å². The number of nitrogens with zero attached hydrogens (tertiary/aromatic N) is 4. The van der Waals surface area contributed by atoms with Gasteiger partial charge in [0.05, 0.1) is 22.4 Å². The maximum absolute atomic E-state index is 13.9. The minimum absolute atomic E-state index is 0.295. The number of unbranched alkanes of at least 4 members (excludes halogenated alkanes) is 1. The Morgan fingerprint density at radius 2 is 1.48 bits per heavy atom. The van der Waals surface area contributed by atoms with Crippen LogP contribution >= 0.6 is 0 Å². The first-order chi connectivity index (χ1) is 26.2. The number of H-pyrrole nitrogens is 2. The minimum Gasteiger partial charge on any atom is -0.481 e. The molecule has 0 bridgehead atoms. The van der Waals surface area contributed by atoms with Crippen LogP contribution in [-0.2, 0) is 15.6 Å². The number of nitrogens with one attached hydrogen (secondary N) is 3. The number of aromatic nitrogens is 6. The van der Waals surface area contributed by atoms with E-state index in [1.165, 1.54) is 0 Å². The molecule has 3 unspecified atom stereocenters. The molecular formula is C44H43N7O3. The van der Waals surface area contributed by atoms with Crippen molar-refractivity contribution in [3.8, 4) is 11.1 Å². The van der Waals surface area contributed by atoms with Gasteiger partial charge in [-0.25, -0.2) is 10.1 Å². The largest absolute Gasteiger partial charge is 0.481 e. The van der Waals surface area contributed by atoms with Crippen LogP contribution in [0.15, 0.2) is 137 Å². The Hall–Kier alpha value is -6.42. The van der Waals surface area contributed by atoms with Gasteiger partial charge in [-0.1, -0.05) is 135 Å². The highest BCUT2D eigenvalue weighted by molar-refractivity contribution is 6.01. The van der Waals surface area contributed by atoms with Gasteiger partial charge in [0.25, 0.3) is 5.56 Å². The highest BCUT2D eigenvalue weighted by Gasteiger charge is 2.59. The summed E-state index contributed by atoms with van der Waals surface area (Å²) in [5.74, 6) is -1.24. The van der Waals surface area contributed by atoms with E-state index in [0.717, 1.165) is 51.9 Å². The molecule has 272 valence electrons. The van der Waals surface area contributed by atoms with E-state index in [4.69, 9.17) is 4.98 Å². The molecule has 0 amide bonds. The van der Waals surface area contributed by atoms with Crippen LogP contribution in [0.2, 0.25) is 0 Å². The fourth-order valence-electron chi connectivity index (χ4n) is 8.59. The SMILES string of the molecule is CCCCC1(c2cc(=O)[nH]c(C)n2)C(c2ccccc2)=C(C)C(c2ccccc2-c2ccccc2)(C(C)C(=O)O)C(Nc2ccccc2)=C1c1nnn[nH]1. The van der Waals surface area contributed by atoms with Gasteiger partial charge in [0.2, 0.25) is 0 Å². The monoisotopic (exact) mass is 717 g/mol. The molecule has 2 aromatic heterocycles. The lowest BCUT2D eigenvalue weighted by molar-refractivity contribution is -0.142. The number of hydrogen-bond acceptors (Lipinski definition) is 7. The van der Waals surface area contributed by atoms with Crippen LogP contribution in [0.3, 0.4) is 0 Å². The first-order valence-electron chi connectivity index (χ1n) is 18.3. The van der Waals surface area contributed by atoms with Gasteiger partial charge >= 0.3 is 5.97 Å². The summed E-state index contributed by atoms with van der Waals surface area (Å²) in [6, 6.07) is 39.4. The zero-order valence-corrected chi connectivity index (χ0v) is 30.8. The van der Waals surface area contributed by atoms with Crippen LogP contribution in [0.1, 0.15) is 68.5 Å². The van der Waals surface area contributed by atoms with E-state index in [0.29, 0.717) is 35.0 Å². The summed E-state index contributed by atoms with van der Waals surface area (Å²) < 4.78 is 0. The number of carboxylic acid groups (broad SMARTS) is 1. The fraction of sp³-hybridized carbons (Fsp3) is 0.227. The van der Waals surface area contributed by atoms with Gasteiger partial charge in [-0.15, -0.1) is 5.10 Å². The standard InChI is InChI=1S/C44H43N7O3/c1-5-6-26-43(36-27-37(52)46-30(4)45-36)38(32-20-12-8-13-21-32)28(2)44(29(3)42(53)54,35-25-17-16-24-34(35)31-18-10-7-11-19-31)40(39(43)41-48-50-51-49-41)47-33-22-14-9-15-23-33/h7-25,27,29,47H,5-6,26H2,1-4H3,(H,53,54)(H,45,46,52)(H,48,49,50,51). The number of aromatic amines is 2. The van der Waals surface area contributed by atoms with Crippen molar-refractivity contribution in [3.05, 3.63) is 171 Å². The molecule has 6 aromatic rings. The number of allylic oxidation sites excluding steroid dienone is 3. The third kappa shape index (κ3) is 6.03. The van der Waals surface area contributed by atoms with Gasteiger partial charge in [-0.05, 0) is 70.7 Å². The van der Waals surface area contributed by atoms with E-state index in [-0.39, 0.29) is 5.56 Å². The Balaban J connectivity index is 1.80. The second kappa shape index (κ2) is 14.9. The first-order valence-corrected chi connectivity index (χ1v) is 18.3. The topological polar surface area (TPSA) is 150 Å². The molecular weight excluding hydrogens is 675 g/mol. The quantitative estimate of drug-likeness (QED) is 0.0987. The molecule has 3 atom stereocenters. The van der Waals surface area contributed by atoms with Crippen molar-refractivity contribution in [3.63, 3.8) is 0 Å². The lowest BCUT2D eigenvalue weighted by atomic mass is 9.50. The summed E-state index contributed by atoms with van der Waals surface area (Å²) in [6.07, 6.45) is 2.08. The summed E-state index contributed by atoms with van der Waals surface area (Å²) in [6.45, 7) is 7.72. The van der Waals surface area contributed by atoms with Crippen LogP contribution in [0.25, 0.3) is 22.3 Å². The molecule has 0 radical (unpaired) electrons. The second-order valence-corrected chi connectivity index (χ2v) is 13.9. The zero-order valence-electron chi connectivity index (χ0n) is 30.8. The summed E-state index contributed by atoms with van der Waals surface area (Å²) >= 11 is 0. The number of anilines is 1. The first kappa shape index (κ1) is 36.0. The number of aliphatic carboxylic acids is 1. The van der Waals surface area contributed by atoms with E-state index >= 15 is 0 Å². The van der Waals surface area contributed by atoms with Crippen molar-refractivity contribution in [1.82, 2.24) is 30.6 Å². The molecule has 10 heteroatoms. The number of benzene rings is 4. The molecule has 2 heterocycles. The van der Waals surface area contributed by atoms with Crippen LogP contribution in [0.5, 0.6) is 0 Å². The molecule has 0 fully saturated rings. The van der Waals surface area contributed by atoms with E-state index in [1.54, 1.807) is 19.9 Å². The molecule has 4 N–H and O–H groups in total.